The molecule has 1 saturated heterocycles. The number of nitrogens with zero attached hydrogens (tertiary/aromatic N) is 1. The predicted octanol–water partition coefficient (Wildman–Crippen LogP) is 4.01. The van der Waals surface area contributed by atoms with E-state index in [1.165, 1.54) is 11.0 Å². The van der Waals surface area contributed by atoms with Gasteiger partial charge in [-0.2, -0.15) is 0 Å². The van der Waals surface area contributed by atoms with Crippen LogP contribution < -0.4 is 19.7 Å². The number of aryl methyl sites for hydroxylation is 1. The molecule has 0 spiro atoms. The normalized spacial score (nSPS) is 16.5. The molecule has 0 aromatic heterocycles. The summed E-state index contributed by atoms with van der Waals surface area (Å²) in [6, 6.07) is 12.6. The Labute approximate surface area is 181 Å². The molecule has 1 heterocycles. The third-order valence-electron chi connectivity index (χ3n) is 4.86. The van der Waals surface area contributed by atoms with E-state index in [0.29, 0.717) is 22.7 Å². The topological polar surface area (TPSA) is 67.9 Å². The summed E-state index contributed by atoms with van der Waals surface area (Å²) in [5.41, 5.74) is 2.13. The number of carbonyl (C=O) groups excluding carboxylic acids is 2. The number of hydrogen-bond acceptors (Lipinski definition) is 5. The van der Waals surface area contributed by atoms with Crippen LogP contribution in [0.1, 0.15) is 31.4 Å². The van der Waals surface area contributed by atoms with Crippen LogP contribution in [0.15, 0.2) is 48.0 Å². The molecule has 1 N–H and O–H groups in total. The van der Waals surface area contributed by atoms with Gasteiger partial charge < -0.3 is 9.47 Å². The monoisotopic (exact) mass is 424 g/mol. The van der Waals surface area contributed by atoms with Gasteiger partial charge in [-0.25, -0.2) is 0 Å². The van der Waals surface area contributed by atoms with Gasteiger partial charge in [0.15, 0.2) is 16.6 Å². The van der Waals surface area contributed by atoms with Gasteiger partial charge in [-0.15, -0.1) is 0 Å². The van der Waals surface area contributed by atoms with Crippen molar-refractivity contribution in [2.24, 2.45) is 0 Å². The summed E-state index contributed by atoms with van der Waals surface area (Å²) >= 11 is 5.26. The molecule has 30 heavy (non-hydrogen) atoms. The van der Waals surface area contributed by atoms with E-state index in [1.54, 1.807) is 31.4 Å². The summed E-state index contributed by atoms with van der Waals surface area (Å²) in [5.74, 6) is 0.126. The lowest BCUT2D eigenvalue weighted by atomic mass is 10.1. The molecule has 0 aliphatic carbocycles. The lowest BCUT2D eigenvalue weighted by Crippen LogP contribution is -2.54. The Morgan fingerprint density at radius 1 is 1.17 bits per heavy atom. The lowest BCUT2D eigenvalue weighted by molar-refractivity contribution is -0.122. The summed E-state index contributed by atoms with van der Waals surface area (Å²) < 4.78 is 11.3. The van der Waals surface area contributed by atoms with Crippen molar-refractivity contribution in [1.82, 2.24) is 5.32 Å². The fourth-order valence-corrected chi connectivity index (χ4v) is 3.30. The van der Waals surface area contributed by atoms with Gasteiger partial charge in [0.05, 0.1) is 18.9 Å². The van der Waals surface area contributed by atoms with Crippen molar-refractivity contribution in [3.63, 3.8) is 0 Å². The van der Waals surface area contributed by atoms with Gasteiger partial charge in [-0.1, -0.05) is 31.2 Å². The standard InChI is InChI=1S/C23H24N2O4S/c1-5-15(3)29-19-11-10-16(13-20(19)28-4)12-17-21(26)24-23(30)25(22(17)27)18-9-7-6-8-14(18)2/h6-13,15H,5H2,1-4H3,(H,24,26,30)/b17-12+/t15-/m1/s1. The fourth-order valence-electron chi connectivity index (χ4n) is 3.03. The van der Waals surface area contributed by atoms with Crippen LogP contribution in [0.25, 0.3) is 6.08 Å². The number of para-hydroxylation sites is 1. The van der Waals surface area contributed by atoms with Crippen LogP contribution in [0, 0.1) is 6.92 Å². The summed E-state index contributed by atoms with van der Waals surface area (Å²) in [7, 11) is 1.55. The quantitative estimate of drug-likeness (QED) is 0.431. The van der Waals surface area contributed by atoms with Gasteiger partial charge in [0, 0.05) is 0 Å². The fraction of sp³-hybridized carbons (Fsp3) is 0.261. The molecule has 1 atom stereocenters. The molecule has 6 nitrogen and oxygen atoms in total. The maximum Gasteiger partial charge on any atom is 0.270 e. The average Bonchev–Trinajstić information content (AvgIpc) is 2.73. The third-order valence-corrected chi connectivity index (χ3v) is 5.14. The Bertz CT molecular complexity index is 1030. The number of carbonyl (C=O) groups is 2. The van der Waals surface area contributed by atoms with Crippen LogP contribution >= 0.6 is 12.2 Å². The molecule has 1 aliphatic rings. The number of thiocarbonyl (C=S) groups is 1. The second-order valence-electron chi connectivity index (χ2n) is 6.99. The van der Waals surface area contributed by atoms with Crippen molar-refractivity contribution in [3.05, 3.63) is 59.2 Å². The van der Waals surface area contributed by atoms with Crippen molar-refractivity contribution >= 4 is 40.9 Å². The highest BCUT2D eigenvalue weighted by molar-refractivity contribution is 7.80. The molecular weight excluding hydrogens is 400 g/mol. The Morgan fingerprint density at radius 2 is 1.90 bits per heavy atom. The first kappa shape index (κ1) is 21.5. The second kappa shape index (κ2) is 9.09. The zero-order chi connectivity index (χ0) is 21.8. The average molecular weight is 425 g/mol. The van der Waals surface area contributed by atoms with Crippen molar-refractivity contribution in [2.75, 3.05) is 12.0 Å². The van der Waals surface area contributed by atoms with Gasteiger partial charge in [0.25, 0.3) is 11.8 Å². The van der Waals surface area contributed by atoms with E-state index in [9.17, 15) is 9.59 Å². The zero-order valence-electron chi connectivity index (χ0n) is 17.4. The van der Waals surface area contributed by atoms with Gasteiger partial charge in [-0.05, 0) is 67.9 Å². The number of amides is 2. The minimum absolute atomic E-state index is 0.00972. The highest BCUT2D eigenvalue weighted by atomic mass is 32.1. The number of anilines is 1. The lowest BCUT2D eigenvalue weighted by Gasteiger charge is -2.30. The maximum atomic E-state index is 13.2. The summed E-state index contributed by atoms with van der Waals surface area (Å²) in [6.45, 7) is 5.89. The largest absolute Gasteiger partial charge is 0.493 e. The smallest absolute Gasteiger partial charge is 0.270 e. The number of hydrogen-bond donors (Lipinski definition) is 1. The predicted molar refractivity (Wildman–Crippen MR) is 121 cm³/mol. The molecule has 0 saturated carbocycles. The van der Waals surface area contributed by atoms with Gasteiger partial charge >= 0.3 is 0 Å². The summed E-state index contributed by atoms with van der Waals surface area (Å²) in [5, 5.41) is 2.66. The Morgan fingerprint density at radius 3 is 2.57 bits per heavy atom. The van der Waals surface area contributed by atoms with Gasteiger partial charge in [0.1, 0.15) is 5.57 Å². The van der Waals surface area contributed by atoms with Crippen molar-refractivity contribution in [3.8, 4) is 11.5 Å². The molecule has 3 rings (SSSR count). The highest BCUT2D eigenvalue weighted by Crippen LogP contribution is 2.31. The highest BCUT2D eigenvalue weighted by Gasteiger charge is 2.35. The number of rotatable bonds is 6. The summed E-state index contributed by atoms with van der Waals surface area (Å²) in [6.07, 6.45) is 2.43. The van der Waals surface area contributed by atoms with Crippen molar-refractivity contribution < 1.29 is 19.1 Å². The minimum Gasteiger partial charge on any atom is -0.493 e. The first-order valence-corrected chi connectivity index (χ1v) is 10.1. The number of nitrogens with one attached hydrogen (secondary N) is 1. The molecular formula is C23H24N2O4S. The van der Waals surface area contributed by atoms with Crippen LogP contribution in [0.4, 0.5) is 5.69 Å². The van der Waals surface area contributed by atoms with E-state index in [0.717, 1.165) is 12.0 Å². The molecule has 2 aromatic rings. The number of benzene rings is 2. The molecule has 156 valence electrons. The number of methoxy groups -OCH3 is 1. The van der Waals surface area contributed by atoms with Crippen LogP contribution in [0.5, 0.6) is 11.5 Å². The van der Waals surface area contributed by atoms with Gasteiger partial charge in [0.2, 0.25) is 0 Å². The molecule has 7 heteroatoms. The summed E-state index contributed by atoms with van der Waals surface area (Å²) in [4.78, 5) is 27.0. The Kier molecular flexibility index (Phi) is 6.52. The Balaban J connectivity index is 1.97. The number of ether oxygens (including phenoxy) is 2. The first-order valence-electron chi connectivity index (χ1n) is 9.67. The van der Waals surface area contributed by atoms with Crippen LogP contribution in [-0.2, 0) is 9.59 Å². The first-order chi connectivity index (χ1) is 14.3. The third kappa shape index (κ3) is 4.36. The molecule has 2 amide bonds. The van der Waals surface area contributed by atoms with E-state index < -0.39 is 11.8 Å². The zero-order valence-corrected chi connectivity index (χ0v) is 18.2. The van der Waals surface area contributed by atoms with Gasteiger partial charge in [-0.3, -0.25) is 19.8 Å². The van der Waals surface area contributed by atoms with E-state index in [2.05, 4.69) is 5.32 Å². The maximum absolute atomic E-state index is 13.2. The van der Waals surface area contributed by atoms with Crippen molar-refractivity contribution in [1.29, 1.82) is 0 Å². The second-order valence-corrected chi connectivity index (χ2v) is 7.38. The molecule has 2 aromatic carbocycles. The minimum atomic E-state index is -0.534. The van der Waals surface area contributed by atoms with Crippen LogP contribution in [0.3, 0.4) is 0 Å². The SMILES string of the molecule is CC[C@@H](C)Oc1ccc(/C=C2\C(=O)NC(=S)N(c3ccccc3C)C2=O)cc1OC. The molecule has 1 aliphatic heterocycles. The van der Waals surface area contributed by atoms with Crippen LogP contribution in [0.2, 0.25) is 0 Å². The van der Waals surface area contributed by atoms with E-state index >= 15 is 0 Å². The molecule has 0 radical (unpaired) electrons. The van der Waals surface area contributed by atoms with Crippen molar-refractivity contribution in [2.45, 2.75) is 33.3 Å². The Hall–Kier alpha value is -3.19. The van der Waals surface area contributed by atoms with E-state index in [1.807, 2.05) is 39.0 Å². The molecule has 0 bridgehead atoms. The van der Waals surface area contributed by atoms with E-state index in [4.69, 9.17) is 21.7 Å². The van der Waals surface area contributed by atoms with Crippen LogP contribution in [-0.4, -0.2) is 30.1 Å². The molecule has 0 unspecified atom stereocenters. The van der Waals surface area contributed by atoms with E-state index in [-0.39, 0.29) is 16.8 Å². The molecule has 1 fully saturated rings.